The Morgan fingerprint density at radius 2 is 1.70 bits per heavy atom. The molecule has 3 rings (SSSR count). The predicted molar refractivity (Wildman–Crippen MR) is 86.1 cm³/mol. The fourth-order valence-electron chi connectivity index (χ4n) is 2.84. The van der Waals surface area contributed by atoms with E-state index in [1.165, 1.54) is 25.1 Å². The summed E-state index contributed by atoms with van der Waals surface area (Å²) in [6.07, 6.45) is -4.49. The van der Waals surface area contributed by atoms with Crippen molar-refractivity contribution >= 4 is 27.5 Å². The van der Waals surface area contributed by atoms with Crippen LogP contribution >= 0.6 is 0 Å². The van der Waals surface area contributed by atoms with Crippen molar-refractivity contribution in [2.24, 2.45) is 0 Å². The van der Waals surface area contributed by atoms with Crippen LogP contribution in [0.1, 0.15) is 11.1 Å². The van der Waals surface area contributed by atoms with Gasteiger partial charge < -0.3 is 9.88 Å². The fraction of sp³-hybridized carbons (Fsp3) is 0.235. The smallest absolute Gasteiger partial charge is 0.375 e. The van der Waals surface area contributed by atoms with E-state index in [2.05, 4.69) is 4.98 Å². The normalized spacial score (nSPS) is 12.1. The van der Waals surface area contributed by atoms with Crippen LogP contribution < -0.4 is 10.3 Å². The van der Waals surface area contributed by atoms with Gasteiger partial charge in [0, 0.05) is 24.9 Å². The van der Waals surface area contributed by atoms with Crippen LogP contribution in [0.3, 0.4) is 0 Å². The molecule has 0 fully saturated rings. The molecule has 2 aromatic carbocycles. The van der Waals surface area contributed by atoms with Gasteiger partial charge in [-0.05, 0) is 36.8 Å². The summed E-state index contributed by atoms with van der Waals surface area (Å²) in [6, 6.07) is 7.46. The molecule has 0 aliphatic carbocycles. The lowest BCUT2D eigenvalue weighted by molar-refractivity contribution is -0.137. The van der Waals surface area contributed by atoms with Gasteiger partial charge in [0.2, 0.25) is 0 Å². The van der Waals surface area contributed by atoms with Gasteiger partial charge in [0.25, 0.3) is 0 Å². The number of hydrogen-bond donors (Lipinski definition) is 1. The molecule has 0 aliphatic heterocycles. The summed E-state index contributed by atoms with van der Waals surface area (Å²) in [5, 5.41) is 0.714. The summed E-state index contributed by atoms with van der Waals surface area (Å²) in [6.45, 7) is 1.86. The first-order valence-electron chi connectivity index (χ1n) is 7.04. The van der Waals surface area contributed by atoms with E-state index in [1.54, 1.807) is 18.2 Å². The first-order valence-corrected chi connectivity index (χ1v) is 7.04. The van der Waals surface area contributed by atoms with Crippen molar-refractivity contribution in [1.29, 1.82) is 0 Å². The SMILES string of the molecule is Cc1ccc2c(=O)c3ccc(C(F)(F)F)c(N(C)C)c3[nH]c2c1. The first kappa shape index (κ1) is 15.4. The Labute approximate surface area is 130 Å². The minimum Gasteiger partial charge on any atom is -0.375 e. The minimum absolute atomic E-state index is 0.0319. The first-order chi connectivity index (χ1) is 10.7. The molecule has 0 radical (unpaired) electrons. The quantitative estimate of drug-likeness (QED) is 0.686. The van der Waals surface area contributed by atoms with Crippen LogP contribution in [-0.2, 0) is 6.18 Å². The van der Waals surface area contributed by atoms with E-state index >= 15 is 0 Å². The summed E-state index contributed by atoms with van der Waals surface area (Å²) in [7, 11) is 3.06. The zero-order chi connectivity index (χ0) is 16.9. The molecule has 3 aromatic rings. The summed E-state index contributed by atoms with van der Waals surface area (Å²) in [5.41, 5.74) is 0.586. The van der Waals surface area contributed by atoms with Crippen LogP contribution in [0.15, 0.2) is 35.1 Å². The molecule has 0 saturated heterocycles. The highest BCUT2D eigenvalue weighted by Gasteiger charge is 2.35. The second-order valence-electron chi connectivity index (χ2n) is 5.78. The Kier molecular flexibility index (Phi) is 3.35. The summed E-state index contributed by atoms with van der Waals surface area (Å²) in [5.74, 6) is 0. The maximum Gasteiger partial charge on any atom is 0.418 e. The molecule has 0 bridgehead atoms. The lowest BCUT2D eigenvalue weighted by Gasteiger charge is -2.21. The highest BCUT2D eigenvalue weighted by Crippen LogP contribution is 2.39. The topological polar surface area (TPSA) is 36.1 Å². The number of anilines is 1. The van der Waals surface area contributed by atoms with Gasteiger partial charge in [0.1, 0.15) is 0 Å². The molecular formula is C17H15F3N2O. The maximum absolute atomic E-state index is 13.3. The van der Waals surface area contributed by atoms with E-state index in [0.29, 0.717) is 10.9 Å². The van der Waals surface area contributed by atoms with Gasteiger partial charge in [-0.2, -0.15) is 13.2 Å². The van der Waals surface area contributed by atoms with Crippen LogP contribution in [0.25, 0.3) is 21.8 Å². The van der Waals surface area contributed by atoms with Gasteiger partial charge >= 0.3 is 6.18 Å². The summed E-state index contributed by atoms with van der Waals surface area (Å²) >= 11 is 0. The molecule has 120 valence electrons. The van der Waals surface area contributed by atoms with E-state index in [0.717, 1.165) is 11.6 Å². The number of hydrogen-bond acceptors (Lipinski definition) is 2. The number of alkyl halides is 3. The predicted octanol–water partition coefficient (Wildman–Crippen LogP) is 4.07. The molecule has 0 aliphatic rings. The summed E-state index contributed by atoms with van der Waals surface area (Å²) in [4.78, 5) is 17.0. The number of aryl methyl sites for hydroxylation is 1. The second kappa shape index (κ2) is 5.01. The van der Waals surface area contributed by atoms with Crippen molar-refractivity contribution in [3.8, 4) is 0 Å². The minimum atomic E-state index is -4.49. The van der Waals surface area contributed by atoms with Crippen molar-refractivity contribution in [1.82, 2.24) is 4.98 Å². The van der Waals surface area contributed by atoms with Gasteiger partial charge in [-0.1, -0.05) is 6.07 Å². The van der Waals surface area contributed by atoms with Crippen molar-refractivity contribution in [2.75, 3.05) is 19.0 Å². The molecule has 23 heavy (non-hydrogen) atoms. The maximum atomic E-state index is 13.3. The molecular weight excluding hydrogens is 305 g/mol. The zero-order valence-corrected chi connectivity index (χ0v) is 12.9. The van der Waals surface area contributed by atoms with Gasteiger partial charge in [0.05, 0.1) is 22.3 Å². The van der Waals surface area contributed by atoms with E-state index in [1.807, 2.05) is 6.92 Å². The third-order valence-electron chi connectivity index (χ3n) is 3.85. The van der Waals surface area contributed by atoms with Crippen LogP contribution in [0, 0.1) is 6.92 Å². The number of pyridine rings is 1. The molecule has 1 N–H and O–H groups in total. The van der Waals surface area contributed by atoms with Crippen LogP contribution in [0.2, 0.25) is 0 Å². The van der Waals surface area contributed by atoms with Crippen molar-refractivity contribution in [2.45, 2.75) is 13.1 Å². The monoisotopic (exact) mass is 320 g/mol. The number of benzene rings is 2. The van der Waals surface area contributed by atoms with Crippen molar-refractivity contribution < 1.29 is 13.2 Å². The Hall–Kier alpha value is -2.50. The van der Waals surface area contributed by atoms with E-state index < -0.39 is 11.7 Å². The van der Waals surface area contributed by atoms with Crippen molar-refractivity contribution in [3.63, 3.8) is 0 Å². The summed E-state index contributed by atoms with van der Waals surface area (Å²) < 4.78 is 39.9. The van der Waals surface area contributed by atoms with Gasteiger partial charge in [0.15, 0.2) is 5.43 Å². The van der Waals surface area contributed by atoms with E-state index in [-0.39, 0.29) is 22.0 Å². The van der Waals surface area contributed by atoms with Gasteiger partial charge in [-0.15, -0.1) is 0 Å². The second-order valence-corrected chi connectivity index (χ2v) is 5.78. The average Bonchev–Trinajstić information content (AvgIpc) is 2.44. The number of nitrogens with zero attached hydrogens (tertiary/aromatic N) is 1. The number of rotatable bonds is 1. The average molecular weight is 320 g/mol. The highest BCUT2D eigenvalue weighted by molar-refractivity contribution is 5.99. The molecule has 0 amide bonds. The van der Waals surface area contributed by atoms with E-state index in [4.69, 9.17) is 0 Å². The molecule has 6 heteroatoms. The Morgan fingerprint density at radius 1 is 1.04 bits per heavy atom. The zero-order valence-electron chi connectivity index (χ0n) is 12.9. The third-order valence-corrected chi connectivity index (χ3v) is 3.85. The molecule has 0 atom stereocenters. The standard InChI is InChI=1S/C17H15F3N2O/c1-9-4-5-10-13(8-9)21-14-11(16(10)23)6-7-12(17(18,19)20)15(14)22(2)3/h4-8H,1-3H3,(H,21,23). The number of halogens is 3. The fourth-order valence-corrected chi connectivity index (χ4v) is 2.84. The van der Waals surface area contributed by atoms with Crippen LogP contribution in [-0.4, -0.2) is 19.1 Å². The lowest BCUT2D eigenvalue weighted by atomic mass is 10.0. The molecule has 0 spiro atoms. The Balaban J connectivity index is 2.54. The van der Waals surface area contributed by atoms with Gasteiger partial charge in [-0.25, -0.2) is 0 Å². The molecule has 1 aromatic heterocycles. The number of nitrogens with one attached hydrogen (secondary N) is 1. The molecule has 0 saturated carbocycles. The number of aromatic nitrogens is 1. The number of aromatic amines is 1. The molecule has 0 unspecified atom stereocenters. The van der Waals surface area contributed by atoms with Gasteiger partial charge in [-0.3, -0.25) is 4.79 Å². The Morgan fingerprint density at radius 3 is 2.30 bits per heavy atom. The van der Waals surface area contributed by atoms with Crippen LogP contribution in [0.4, 0.5) is 18.9 Å². The number of fused-ring (bicyclic) bond motifs is 2. The number of H-pyrrole nitrogens is 1. The molecule has 3 nitrogen and oxygen atoms in total. The Bertz CT molecular complexity index is 971. The largest absolute Gasteiger partial charge is 0.418 e. The lowest BCUT2D eigenvalue weighted by Crippen LogP contribution is -2.19. The highest BCUT2D eigenvalue weighted by atomic mass is 19.4. The third kappa shape index (κ3) is 2.44. The van der Waals surface area contributed by atoms with Crippen molar-refractivity contribution in [3.05, 3.63) is 51.7 Å². The molecule has 1 heterocycles. The van der Waals surface area contributed by atoms with Crippen LogP contribution in [0.5, 0.6) is 0 Å². The van der Waals surface area contributed by atoms with E-state index in [9.17, 15) is 18.0 Å².